The number of hydrogen-bond acceptors (Lipinski definition) is 8. The lowest BCUT2D eigenvalue weighted by atomic mass is 9.89. The monoisotopic (exact) mass is 459 g/mol. The van der Waals surface area contributed by atoms with E-state index >= 15 is 0 Å². The number of halogens is 1. The Balaban J connectivity index is 1.47. The summed E-state index contributed by atoms with van der Waals surface area (Å²) >= 11 is 6.06. The van der Waals surface area contributed by atoms with Crippen molar-refractivity contribution in [3.05, 3.63) is 23.2 Å². The van der Waals surface area contributed by atoms with Crippen LogP contribution in [0.25, 0.3) is 0 Å². The molecule has 1 atom stereocenters. The van der Waals surface area contributed by atoms with Crippen LogP contribution in [0.5, 0.6) is 5.75 Å². The number of phenolic OH excluding ortho intramolecular Hbond substituents is 1. The van der Waals surface area contributed by atoms with E-state index in [-0.39, 0.29) is 10.8 Å². The molecule has 1 aromatic heterocycles. The molecule has 1 saturated carbocycles. The fourth-order valence-electron chi connectivity index (χ4n) is 4.68. The number of phenols is 1. The normalized spacial score (nSPS) is 19.8. The molecule has 1 aromatic carbocycles. The Hall–Kier alpha value is -2.32. The summed E-state index contributed by atoms with van der Waals surface area (Å²) in [6, 6.07) is 5.45. The van der Waals surface area contributed by atoms with Gasteiger partial charge in [-0.3, -0.25) is 4.90 Å². The van der Waals surface area contributed by atoms with Gasteiger partial charge in [0.2, 0.25) is 17.8 Å². The van der Waals surface area contributed by atoms with Gasteiger partial charge in [-0.1, -0.05) is 37.8 Å². The first-order valence-corrected chi connectivity index (χ1v) is 12.2. The molecular formula is C23H34ClN7O. The van der Waals surface area contributed by atoms with Crippen molar-refractivity contribution in [3.63, 3.8) is 0 Å². The predicted octanol–water partition coefficient (Wildman–Crippen LogP) is 4.86. The third-order valence-electron chi connectivity index (χ3n) is 6.51. The highest BCUT2D eigenvalue weighted by atomic mass is 35.5. The van der Waals surface area contributed by atoms with E-state index in [1.54, 1.807) is 18.2 Å². The fourth-order valence-corrected chi connectivity index (χ4v) is 4.86. The molecule has 1 aliphatic carbocycles. The Morgan fingerprint density at radius 2 is 1.69 bits per heavy atom. The molecule has 174 valence electrons. The first kappa shape index (κ1) is 22.9. The Kier molecular flexibility index (Phi) is 7.86. The van der Waals surface area contributed by atoms with Gasteiger partial charge in [-0.15, -0.1) is 0 Å². The minimum atomic E-state index is 0.0436. The number of nitrogens with one attached hydrogen (secondary N) is 3. The highest BCUT2D eigenvalue weighted by molar-refractivity contribution is 6.32. The molecule has 2 heterocycles. The van der Waals surface area contributed by atoms with Gasteiger partial charge in [0, 0.05) is 24.8 Å². The molecule has 8 nitrogen and oxygen atoms in total. The van der Waals surface area contributed by atoms with Crippen molar-refractivity contribution in [2.45, 2.75) is 57.9 Å². The van der Waals surface area contributed by atoms with E-state index in [9.17, 15) is 5.11 Å². The van der Waals surface area contributed by atoms with Gasteiger partial charge < -0.3 is 21.1 Å². The molecule has 2 aliphatic rings. The quantitative estimate of drug-likeness (QED) is 0.394. The molecule has 32 heavy (non-hydrogen) atoms. The molecule has 2 aromatic rings. The zero-order valence-electron chi connectivity index (χ0n) is 18.8. The van der Waals surface area contributed by atoms with Crippen LogP contribution >= 0.6 is 11.6 Å². The van der Waals surface area contributed by atoms with Crippen LogP contribution in [-0.4, -0.2) is 57.2 Å². The van der Waals surface area contributed by atoms with Gasteiger partial charge in [0.15, 0.2) is 0 Å². The van der Waals surface area contributed by atoms with Crippen molar-refractivity contribution < 1.29 is 5.11 Å². The Labute approximate surface area is 195 Å². The maximum Gasteiger partial charge on any atom is 0.233 e. The lowest BCUT2D eigenvalue weighted by Crippen LogP contribution is -2.35. The van der Waals surface area contributed by atoms with Gasteiger partial charge in [-0.25, -0.2) is 0 Å². The van der Waals surface area contributed by atoms with E-state index in [0.29, 0.717) is 35.5 Å². The maximum atomic E-state index is 9.68. The van der Waals surface area contributed by atoms with Crippen molar-refractivity contribution in [2.75, 3.05) is 42.1 Å². The average Bonchev–Trinajstić information content (AvgIpc) is 3.27. The molecule has 0 bridgehead atoms. The summed E-state index contributed by atoms with van der Waals surface area (Å²) < 4.78 is 0. The summed E-state index contributed by atoms with van der Waals surface area (Å²) in [6.45, 7) is 6.11. The molecular weight excluding hydrogens is 426 g/mol. The highest BCUT2D eigenvalue weighted by Crippen LogP contribution is 2.28. The number of likely N-dealkylation sites (tertiary alicyclic amines) is 1. The minimum absolute atomic E-state index is 0.0436. The summed E-state index contributed by atoms with van der Waals surface area (Å²) in [7, 11) is 0. The molecule has 9 heteroatoms. The molecule has 0 amide bonds. The van der Waals surface area contributed by atoms with Crippen molar-refractivity contribution in [3.8, 4) is 5.75 Å². The van der Waals surface area contributed by atoms with Crippen LogP contribution in [-0.2, 0) is 0 Å². The van der Waals surface area contributed by atoms with E-state index in [0.717, 1.165) is 26.2 Å². The summed E-state index contributed by atoms with van der Waals surface area (Å²) in [6.07, 6.45) is 8.90. The maximum absolute atomic E-state index is 9.68. The van der Waals surface area contributed by atoms with Crippen LogP contribution in [0.4, 0.5) is 23.5 Å². The first-order chi connectivity index (χ1) is 15.6. The van der Waals surface area contributed by atoms with Crippen LogP contribution in [0, 0.1) is 5.92 Å². The lowest BCUT2D eigenvalue weighted by molar-refractivity contribution is 0.277. The van der Waals surface area contributed by atoms with Gasteiger partial charge >= 0.3 is 0 Å². The van der Waals surface area contributed by atoms with E-state index < -0.39 is 0 Å². The minimum Gasteiger partial charge on any atom is -0.506 e. The van der Waals surface area contributed by atoms with Crippen LogP contribution in [0.15, 0.2) is 18.2 Å². The Morgan fingerprint density at radius 3 is 2.41 bits per heavy atom. The lowest BCUT2D eigenvalue weighted by Gasteiger charge is -2.23. The average molecular weight is 460 g/mol. The van der Waals surface area contributed by atoms with E-state index in [2.05, 4.69) is 42.7 Å². The first-order valence-electron chi connectivity index (χ1n) is 11.8. The molecule has 1 saturated heterocycles. The number of rotatable bonds is 9. The Morgan fingerprint density at radius 1 is 0.969 bits per heavy atom. The van der Waals surface area contributed by atoms with Crippen molar-refractivity contribution in [1.29, 1.82) is 0 Å². The smallest absolute Gasteiger partial charge is 0.233 e. The Bertz CT molecular complexity index is 891. The number of aromatic hydroxyl groups is 1. The SMILES string of the molecule is CCN1CCCC1CNc1nc(NCC2CCCCC2)nc(Nc2ccc(O)c(Cl)c2)n1. The van der Waals surface area contributed by atoms with Crippen LogP contribution in [0.2, 0.25) is 5.02 Å². The standard InChI is InChI=1S/C23H34ClN7O/c1-2-31-12-6-9-18(31)15-26-22-28-21(25-14-16-7-4-3-5-8-16)29-23(30-22)27-17-10-11-20(32)19(24)13-17/h10-11,13,16,18,32H,2-9,12,14-15H2,1H3,(H3,25,26,27,28,29,30). The van der Waals surface area contributed by atoms with Crippen LogP contribution in [0.3, 0.4) is 0 Å². The van der Waals surface area contributed by atoms with Crippen molar-refractivity contribution in [1.82, 2.24) is 19.9 Å². The van der Waals surface area contributed by atoms with Crippen LogP contribution in [0.1, 0.15) is 51.9 Å². The van der Waals surface area contributed by atoms with Gasteiger partial charge in [0.05, 0.1) is 5.02 Å². The van der Waals surface area contributed by atoms with E-state index in [1.807, 2.05) is 0 Å². The summed E-state index contributed by atoms with van der Waals surface area (Å²) in [4.78, 5) is 16.3. The molecule has 0 radical (unpaired) electrons. The second-order valence-corrected chi connectivity index (χ2v) is 9.20. The topological polar surface area (TPSA) is 98.2 Å². The zero-order valence-corrected chi connectivity index (χ0v) is 19.5. The summed E-state index contributed by atoms with van der Waals surface area (Å²) in [5.74, 6) is 2.28. The predicted molar refractivity (Wildman–Crippen MR) is 130 cm³/mol. The largest absolute Gasteiger partial charge is 0.506 e. The van der Waals surface area contributed by atoms with Crippen LogP contribution < -0.4 is 16.0 Å². The summed E-state index contributed by atoms with van der Waals surface area (Å²) in [5, 5.41) is 20.0. The van der Waals surface area contributed by atoms with Gasteiger partial charge in [0.1, 0.15) is 5.75 Å². The highest BCUT2D eigenvalue weighted by Gasteiger charge is 2.23. The number of anilines is 4. The molecule has 0 spiro atoms. The van der Waals surface area contributed by atoms with Crippen molar-refractivity contribution in [2.24, 2.45) is 5.92 Å². The molecule has 4 N–H and O–H groups in total. The van der Waals surface area contributed by atoms with Crippen molar-refractivity contribution >= 4 is 35.1 Å². The second-order valence-electron chi connectivity index (χ2n) is 8.79. The summed E-state index contributed by atoms with van der Waals surface area (Å²) in [5.41, 5.74) is 0.705. The number of likely N-dealkylation sites (N-methyl/N-ethyl adjacent to an activating group) is 1. The zero-order chi connectivity index (χ0) is 22.3. The number of aromatic nitrogens is 3. The number of nitrogens with zero attached hydrogens (tertiary/aromatic N) is 4. The molecule has 1 unspecified atom stereocenters. The second kappa shape index (κ2) is 11.0. The molecule has 2 fully saturated rings. The van der Waals surface area contributed by atoms with Gasteiger partial charge in [-0.2, -0.15) is 15.0 Å². The third kappa shape index (κ3) is 6.13. The van der Waals surface area contributed by atoms with E-state index in [4.69, 9.17) is 11.6 Å². The van der Waals surface area contributed by atoms with Gasteiger partial charge in [0.25, 0.3) is 0 Å². The molecule has 4 rings (SSSR count). The number of hydrogen-bond donors (Lipinski definition) is 4. The fraction of sp³-hybridized carbons (Fsp3) is 0.609. The van der Waals surface area contributed by atoms with Gasteiger partial charge in [-0.05, 0) is 62.9 Å². The number of benzene rings is 1. The third-order valence-corrected chi connectivity index (χ3v) is 6.82. The molecule has 1 aliphatic heterocycles. The van der Waals surface area contributed by atoms with E-state index in [1.165, 1.54) is 44.9 Å².